The average Bonchev–Trinajstić information content (AvgIpc) is 3.13. The first-order chi connectivity index (χ1) is 12.1. The molecule has 3 nitrogen and oxygen atoms in total. The lowest BCUT2D eigenvalue weighted by Gasteiger charge is -2.38. The Morgan fingerprint density at radius 1 is 1.16 bits per heavy atom. The summed E-state index contributed by atoms with van der Waals surface area (Å²) in [5.74, 6) is 0.397. The summed E-state index contributed by atoms with van der Waals surface area (Å²) in [6, 6.07) is 11.6. The van der Waals surface area contributed by atoms with Crippen molar-refractivity contribution in [2.45, 2.75) is 18.4 Å². The van der Waals surface area contributed by atoms with E-state index < -0.39 is 0 Å². The number of nitrogens with one attached hydrogen (secondary N) is 1. The number of halogens is 2. The van der Waals surface area contributed by atoms with Crippen molar-refractivity contribution in [1.29, 1.82) is 0 Å². The summed E-state index contributed by atoms with van der Waals surface area (Å²) in [5, 5.41) is 4.70. The number of rotatable bonds is 2. The van der Waals surface area contributed by atoms with Gasteiger partial charge in [-0.2, -0.15) is 0 Å². The molecule has 0 unspecified atom stereocenters. The minimum Gasteiger partial charge on any atom is -0.465 e. The maximum absolute atomic E-state index is 11.6. The van der Waals surface area contributed by atoms with Gasteiger partial charge in [0.25, 0.3) is 0 Å². The number of methoxy groups -OCH3 is 1. The van der Waals surface area contributed by atoms with Crippen LogP contribution in [0.2, 0.25) is 10.0 Å². The number of hydrogen-bond donors (Lipinski definition) is 1. The largest absolute Gasteiger partial charge is 0.465 e. The number of fused-ring (bicyclic) bond motifs is 3. The minimum atomic E-state index is -0.330. The molecule has 0 radical (unpaired) electrons. The fraction of sp³-hybridized carbons (Fsp3) is 0.250. The van der Waals surface area contributed by atoms with Gasteiger partial charge in [-0.05, 0) is 41.7 Å². The van der Waals surface area contributed by atoms with Crippen LogP contribution in [0.25, 0.3) is 0 Å². The van der Waals surface area contributed by atoms with Crippen molar-refractivity contribution in [2.75, 3.05) is 12.4 Å². The van der Waals surface area contributed by atoms with Gasteiger partial charge >= 0.3 is 5.97 Å². The second kappa shape index (κ2) is 6.40. The van der Waals surface area contributed by atoms with Crippen LogP contribution >= 0.6 is 23.2 Å². The van der Waals surface area contributed by atoms with E-state index >= 15 is 0 Å². The third-order valence-electron chi connectivity index (χ3n) is 5.12. The average molecular weight is 374 g/mol. The van der Waals surface area contributed by atoms with Crippen LogP contribution in [-0.2, 0) is 4.74 Å². The highest BCUT2D eigenvalue weighted by Gasteiger charge is 2.38. The molecular formula is C20H17Cl2NO2. The number of carbonyl (C=O) groups excluding carboxylic acids is 1. The molecule has 1 heterocycles. The van der Waals surface area contributed by atoms with Crippen molar-refractivity contribution in [3.05, 3.63) is 75.3 Å². The molecule has 2 aromatic rings. The monoisotopic (exact) mass is 373 g/mol. The summed E-state index contributed by atoms with van der Waals surface area (Å²) < 4.78 is 4.77. The van der Waals surface area contributed by atoms with Gasteiger partial charge in [-0.15, -0.1) is 0 Å². The predicted octanol–water partition coefficient (Wildman–Crippen LogP) is 5.61. The lowest BCUT2D eigenvalue weighted by Crippen LogP contribution is -2.29. The highest BCUT2D eigenvalue weighted by Crippen LogP contribution is 2.52. The van der Waals surface area contributed by atoms with Gasteiger partial charge in [-0.25, -0.2) is 4.79 Å². The second-order valence-corrected chi connectivity index (χ2v) is 7.20. The van der Waals surface area contributed by atoms with Crippen molar-refractivity contribution in [2.24, 2.45) is 5.92 Å². The summed E-state index contributed by atoms with van der Waals surface area (Å²) in [7, 11) is 1.39. The fourth-order valence-corrected chi connectivity index (χ4v) is 4.26. The van der Waals surface area contributed by atoms with E-state index in [4.69, 9.17) is 27.9 Å². The topological polar surface area (TPSA) is 38.3 Å². The summed E-state index contributed by atoms with van der Waals surface area (Å²) in [6.07, 6.45) is 5.48. The Balaban J connectivity index is 1.73. The molecule has 2 aliphatic rings. The van der Waals surface area contributed by atoms with Gasteiger partial charge < -0.3 is 10.1 Å². The molecule has 2 aromatic carbocycles. The predicted molar refractivity (Wildman–Crippen MR) is 101 cm³/mol. The van der Waals surface area contributed by atoms with Crippen molar-refractivity contribution in [3.63, 3.8) is 0 Å². The van der Waals surface area contributed by atoms with E-state index in [0.717, 1.165) is 17.7 Å². The molecule has 0 bridgehead atoms. The number of anilines is 1. The minimum absolute atomic E-state index is 0.107. The van der Waals surface area contributed by atoms with E-state index in [1.807, 2.05) is 18.2 Å². The van der Waals surface area contributed by atoms with Crippen molar-refractivity contribution < 1.29 is 9.53 Å². The summed E-state index contributed by atoms with van der Waals surface area (Å²) in [5.41, 5.74) is 3.76. The molecule has 5 heteroatoms. The molecule has 1 N–H and O–H groups in total. The molecule has 128 valence electrons. The van der Waals surface area contributed by atoms with Gasteiger partial charge in [0.05, 0.1) is 34.4 Å². The Labute approximate surface area is 156 Å². The lowest BCUT2D eigenvalue weighted by molar-refractivity contribution is 0.0600. The highest BCUT2D eigenvalue weighted by atomic mass is 35.5. The van der Waals surface area contributed by atoms with Gasteiger partial charge in [0.2, 0.25) is 0 Å². The Morgan fingerprint density at radius 2 is 1.92 bits per heavy atom. The smallest absolute Gasteiger partial charge is 0.337 e. The van der Waals surface area contributed by atoms with Crippen LogP contribution in [0.4, 0.5) is 5.69 Å². The number of ether oxygens (including phenoxy) is 1. The lowest BCUT2D eigenvalue weighted by atomic mass is 9.77. The molecule has 0 fully saturated rings. The zero-order valence-electron chi connectivity index (χ0n) is 13.6. The Morgan fingerprint density at radius 3 is 2.64 bits per heavy atom. The van der Waals surface area contributed by atoms with E-state index in [0.29, 0.717) is 27.4 Å². The van der Waals surface area contributed by atoms with E-state index in [-0.39, 0.29) is 12.0 Å². The molecular weight excluding hydrogens is 357 g/mol. The molecule has 0 amide bonds. The number of esters is 1. The molecule has 0 aromatic heterocycles. The van der Waals surface area contributed by atoms with E-state index in [9.17, 15) is 4.79 Å². The van der Waals surface area contributed by atoms with Crippen LogP contribution in [0.5, 0.6) is 0 Å². The van der Waals surface area contributed by atoms with Crippen LogP contribution in [0.1, 0.15) is 39.9 Å². The number of carbonyl (C=O) groups is 1. The third kappa shape index (κ3) is 2.72. The molecule has 0 saturated carbocycles. The summed E-state index contributed by atoms with van der Waals surface area (Å²) >= 11 is 12.7. The van der Waals surface area contributed by atoms with Gasteiger partial charge in [0.1, 0.15) is 0 Å². The van der Waals surface area contributed by atoms with Crippen LogP contribution in [-0.4, -0.2) is 13.1 Å². The normalized spacial score (nSPS) is 23.6. The van der Waals surface area contributed by atoms with Crippen molar-refractivity contribution >= 4 is 34.9 Å². The van der Waals surface area contributed by atoms with Crippen LogP contribution < -0.4 is 5.32 Å². The number of allylic oxidation sites excluding steroid dienone is 2. The third-order valence-corrected chi connectivity index (χ3v) is 5.92. The van der Waals surface area contributed by atoms with Gasteiger partial charge in [0, 0.05) is 5.92 Å². The Hall–Kier alpha value is -1.97. The van der Waals surface area contributed by atoms with Crippen LogP contribution in [0, 0.1) is 5.92 Å². The van der Waals surface area contributed by atoms with E-state index in [1.54, 1.807) is 12.1 Å². The highest BCUT2D eigenvalue weighted by molar-refractivity contribution is 6.43. The van der Waals surface area contributed by atoms with Gasteiger partial charge in [-0.1, -0.05) is 53.6 Å². The van der Waals surface area contributed by atoms with Gasteiger partial charge in [0.15, 0.2) is 0 Å². The SMILES string of the molecule is COC(=O)c1ccc([C@H]2Nc3c(ccc(Cl)c3Cl)[C@@H]3C=CC[C@H]23)cc1. The molecule has 0 saturated heterocycles. The van der Waals surface area contributed by atoms with Crippen molar-refractivity contribution in [1.82, 2.24) is 0 Å². The first-order valence-electron chi connectivity index (χ1n) is 8.19. The summed E-state index contributed by atoms with van der Waals surface area (Å²) in [4.78, 5) is 11.6. The zero-order valence-corrected chi connectivity index (χ0v) is 15.1. The summed E-state index contributed by atoms with van der Waals surface area (Å²) in [6.45, 7) is 0. The number of hydrogen-bond acceptors (Lipinski definition) is 3. The quantitative estimate of drug-likeness (QED) is 0.549. The standard InChI is InChI=1S/C20H17Cl2NO2/c1-25-20(24)12-7-5-11(6-8-12)18-14-4-2-3-13(14)15-9-10-16(21)17(22)19(15)23-18/h2-3,5-10,13-14,18,23H,4H2,1H3/t13-,14+,18-/m1/s1. The molecule has 4 rings (SSSR count). The van der Waals surface area contributed by atoms with Crippen molar-refractivity contribution in [3.8, 4) is 0 Å². The zero-order chi connectivity index (χ0) is 17.6. The molecule has 1 aliphatic heterocycles. The van der Waals surface area contributed by atoms with Crippen LogP contribution in [0.3, 0.4) is 0 Å². The fourth-order valence-electron chi connectivity index (χ4n) is 3.88. The van der Waals surface area contributed by atoms with E-state index in [1.165, 1.54) is 12.7 Å². The molecule has 1 aliphatic carbocycles. The van der Waals surface area contributed by atoms with E-state index in [2.05, 4.69) is 23.5 Å². The maximum atomic E-state index is 11.6. The Kier molecular flexibility index (Phi) is 4.22. The molecule has 25 heavy (non-hydrogen) atoms. The first kappa shape index (κ1) is 16.5. The first-order valence-corrected chi connectivity index (χ1v) is 8.95. The molecule has 3 atom stereocenters. The van der Waals surface area contributed by atoms with Gasteiger partial charge in [-0.3, -0.25) is 0 Å². The molecule has 0 spiro atoms. The van der Waals surface area contributed by atoms with Crippen LogP contribution in [0.15, 0.2) is 48.6 Å². The Bertz CT molecular complexity index is 861. The second-order valence-electron chi connectivity index (χ2n) is 6.41. The number of benzene rings is 2. The maximum Gasteiger partial charge on any atom is 0.337 e.